The summed E-state index contributed by atoms with van der Waals surface area (Å²) in [6.07, 6.45) is -9.44. The van der Waals surface area contributed by atoms with Gasteiger partial charge in [0.2, 0.25) is 0 Å². The van der Waals surface area contributed by atoms with Crippen LogP contribution in [-0.4, -0.2) is 86.7 Å². The van der Waals surface area contributed by atoms with Crippen LogP contribution in [0, 0.1) is 0 Å². The van der Waals surface area contributed by atoms with Crippen molar-refractivity contribution in [1.82, 2.24) is 0 Å². The van der Waals surface area contributed by atoms with Gasteiger partial charge < -0.3 is 49.2 Å². The lowest BCUT2D eigenvalue weighted by Gasteiger charge is -2.43. The highest BCUT2D eigenvalue weighted by atomic mass is 16.7. The third-order valence-corrected chi connectivity index (χ3v) is 14.6. The molecule has 1 aliphatic rings. The molecule has 5 atom stereocenters. The second kappa shape index (κ2) is 22.0. The Morgan fingerprint density at radius 2 is 0.550 bits per heavy atom. The van der Waals surface area contributed by atoms with Crippen molar-refractivity contribution < 1.29 is 68.4 Å². The summed E-state index contributed by atoms with van der Waals surface area (Å²) in [6.45, 7) is 44.4. The van der Waals surface area contributed by atoms with Gasteiger partial charge in [-0.2, -0.15) is 0 Å². The molecule has 14 heteroatoms. The fraction of sp³-hybridized carbons (Fsp3) is 0.576. The summed E-state index contributed by atoms with van der Waals surface area (Å²) in [7, 11) is 0. The SMILES string of the molecule is CC(C)(C)c1cc(C(=O)OC[C@H]2O[C@H](O)[C@H](OC(=O)c3cc(C(C)(C)C)c(O)c(C(C)(C)C)c3)[C@@H](OC(=O)c3cc(C(C)(C)C)c(O)c(C(C)(C)C)c3)[C@@H]2OC(=O)c2cc(C(C)(C)C)c(O)c(C(C)(C)C)c2)cc(C(C)(C)C)c1O. The number of aliphatic hydroxyl groups excluding tert-OH is 1. The van der Waals surface area contributed by atoms with E-state index < -0.39 is 105 Å². The number of esters is 4. The molecule has 1 fully saturated rings. The molecule has 0 amide bonds. The number of ether oxygens (including phenoxy) is 5. The Morgan fingerprint density at radius 1 is 0.350 bits per heavy atom. The number of phenols is 4. The van der Waals surface area contributed by atoms with Crippen molar-refractivity contribution in [3.8, 4) is 23.0 Å². The quantitative estimate of drug-likeness (QED) is 0.0779. The highest BCUT2D eigenvalue weighted by Crippen LogP contribution is 2.45. The molecule has 14 nitrogen and oxygen atoms in total. The summed E-state index contributed by atoms with van der Waals surface area (Å²) in [5.41, 5.74) is -1.76. The van der Waals surface area contributed by atoms with Gasteiger partial charge in [0.1, 0.15) is 35.7 Å². The topological polar surface area (TPSA) is 216 Å². The lowest BCUT2D eigenvalue weighted by molar-refractivity contribution is -0.284. The van der Waals surface area contributed by atoms with Crippen LogP contribution in [0.2, 0.25) is 0 Å². The van der Waals surface area contributed by atoms with E-state index in [0.29, 0.717) is 44.5 Å². The molecule has 5 N–H and O–H groups in total. The first kappa shape index (κ1) is 64.7. The molecule has 1 heterocycles. The molecule has 0 radical (unpaired) electrons. The van der Waals surface area contributed by atoms with Crippen LogP contribution in [0.1, 0.15) is 252 Å². The molecule has 0 aromatic heterocycles. The molecule has 0 saturated carbocycles. The largest absolute Gasteiger partial charge is 0.507 e. The average Bonchev–Trinajstić information content (AvgIpc) is 3.27. The van der Waals surface area contributed by atoms with E-state index in [2.05, 4.69) is 0 Å². The summed E-state index contributed by atoms with van der Waals surface area (Å²) in [6, 6.07) is 12.1. The number of hydrogen-bond donors (Lipinski definition) is 5. The molecule has 80 heavy (non-hydrogen) atoms. The molecule has 1 saturated heterocycles. The Bertz CT molecular complexity index is 2870. The van der Waals surface area contributed by atoms with Gasteiger partial charge in [-0.05, 0) is 91.9 Å². The van der Waals surface area contributed by atoms with Crippen molar-refractivity contribution >= 4 is 23.9 Å². The number of aromatic hydroxyl groups is 4. The van der Waals surface area contributed by atoms with Crippen molar-refractivity contribution in [1.29, 1.82) is 0 Å². The molecule has 5 rings (SSSR count). The average molecular weight is 1110 g/mol. The standard InChI is InChI=1S/C66H92O14/c1-59(2,3)38-25-34(26-39(47(38)67)60(4,5)6)54(71)76-33-46-51(78-55(72)35-27-40(61(7,8)9)48(68)41(28-35)62(10,11)12)52(79-56(73)36-29-42(63(13,14)15)49(69)43(30-36)64(16,17)18)53(58(75)77-46)80-57(74)37-31-44(65(19,20)21)50(70)45(32-37)66(22,23)24/h25-32,46,51-53,58,67-70,75H,33H2,1-24H3/t46-,51-,52+,53-,58+/m1/s1. The minimum atomic E-state index is -2.13. The number of benzene rings is 4. The van der Waals surface area contributed by atoms with Gasteiger partial charge >= 0.3 is 23.9 Å². The molecule has 4 aromatic carbocycles. The van der Waals surface area contributed by atoms with Crippen LogP contribution in [0.5, 0.6) is 23.0 Å². The van der Waals surface area contributed by atoms with Crippen LogP contribution in [0.3, 0.4) is 0 Å². The maximum atomic E-state index is 15.1. The zero-order chi connectivity index (χ0) is 61.3. The van der Waals surface area contributed by atoms with Gasteiger partial charge in [0.15, 0.2) is 24.6 Å². The molecule has 0 aliphatic carbocycles. The first-order chi connectivity index (χ1) is 36.0. The minimum absolute atomic E-state index is 0.00747. The van der Waals surface area contributed by atoms with Crippen molar-refractivity contribution in [2.45, 2.75) is 240 Å². The highest BCUT2D eigenvalue weighted by Gasteiger charge is 2.53. The summed E-state index contributed by atoms with van der Waals surface area (Å²) in [5, 5.41) is 58.7. The molecule has 4 aromatic rings. The molecule has 1 aliphatic heterocycles. The normalized spacial score (nSPS) is 18.8. The van der Waals surface area contributed by atoms with Crippen LogP contribution >= 0.6 is 0 Å². The van der Waals surface area contributed by atoms with E-state index in [1.165, 1.54) is 36.4 Å². The van der Waals surface area contributed by atoms with Crippen LogP contribution < -0.4 is 0 Å². The van der Waals surface area contributed by atoms with Crippen LogP contribution in [0.25, 0.3) is 0 Å². The predicted octanol–water partition coefficient (Wildman–Crippen LogP) is 13.4. The number of aliphatic hydroxyl groups is 1. The maximum absolute atomic E-state index is 15.1. The van der Waals surface area contributed by atoms with Gasteiger partial charge in [0, 0.05) is 44.5 Å². The van der Waals surface area contributed by atoms with Gasteiger partial charge in [-0.3, -0.25) is 0 Å². The van der Waals surface area contributed by atoms with Crippen molar-refractivity contribution in [2.75, 3.05) is 6.61 Å². The van der Waals surface area contributed by atoms with E-state index in [9.17, 15) is 35.1 Å². The molecule has 0 spiro atoms. The lowest BCUT2D eigenvalue weighted by atomic mass is 9.78. The minimum Gasteiger partial charge on any atom is -0.507 e. The Morgan fingerprint density at radius 3 is 0.775 bits per heavy atom. The molecular formula is C66H92O14. The summed E-state index contributed by atoms with van der Waals surface area (Å²) in [4.78, 5) is 59.5. The molecule has 440 valence electrons. The monoisotopic (exact) mass is 1110 g/mol. The van der Waals surface area contributed by atoms with Gasteiger partial charge in [-0.25, -0.2) is 19.2 Å². The number of phenolic OH excluding ortho intramolecular Hbond substituents is 4. The molecular weight excluding hydrogens is 1020 g/mol. The number of rotatable bonds is 9. The van der Waals surface area contributed by atoms with E-state index >= 15 is 9.59 Å². The van der Waals surface area contributed by atoms with Crippen LogP contribution in [0.15, 0.2) is 48.5 Å². The van der Waals surface area contributed by atoms with Gasteiger partial charge in [0.25, 0.3) is 0 Å². The van der Waals surface area contributed by atoms with Crippen molar-refractivity contribution in [3.63, 3.8) is 0 Å². The fourth-order valence-corrected chi connectivity index (χ4v) is 9.83. The number of carbonyl (C=O) groups excluding carboxylic acids is 4. The first-order valence-corrected chi connectivity index (χ1v) is 27.6. The Balaban J connectivity index is 1.79. The smallest absolute Gasteiger partial charge is 0.338 e. The van der Waals surface area contributed by atoms with Gasteiger partial charge in [0.05, 0.1) is 22.3 Å². The second-order valence-corrected chi connectivity index (χ2v) is 30.0. The fourth-order valence-electron chi connectivity index (χ4n) is 9.83. The number of carbonyl (C=O) groups is 4. The zero-order valence-electron chi connectivity index (χ0n) is 52.1. The number of hydrogen-bond acceptors (Lipinski definition) is 14. The Hall–Kier alpha value is -6.12. The third-order valence-electron chi connectivity index (χ3n) is 14.6. The second-order valence-electron chi connectivity index (χ2n) is 30.0. The van der Waals surface area contributed by atoms with Crippen LogP contribution in [0.4, 0.5) is 0 Å². The summed E-state index contributed by atoms with van der Waals surface area (Å²) < 4.78 is 31.4. The summed E-state index contributed by atoms with van der Waals surface area (Å²) in [5.74, 6) is -3.89. The van der Waals surface area contributed by atoms with Gasteiger partial charge in [-0.15, -0.1) is 0 Å². The van der Waals surface area contributed by atoms with E-state index in [-0.39, 0.29) is 45.3 Å². The van der Waals surface area contributed by atoms with E-state index in [4.69, 9.17) is 23.7 Å². The molecule has 0 unspecified atom stereocenters. The third kappa shape index (κ3) is 14.3. The van der Waals surface area contributed by atoms with E-state index in [1.807, 2.05) is 166 Å². The van der Waals surface area contributed by atoms with E-state index in [1.54, 1.807) is 12.1 Å². The predicted molar refractivity (Wildman–Crippen MR) is 311 cm³/mol. The zero-order valence-corrected chi connectivity index (χ0v) is 52.1. The summed E-state index contributed by atoms with van der Waals surface area (Å²) >= 11 is 0. The van der Waals surface area contributed by atoms with Gasteiger partial charge in [-0.1, -0.05) is 166 Å². The van der Waals surface area contributed by atoms with Crippen molar-refractivity contribution in [3.05, 3.63) is 115 Å². The van der Waals surface area contributed by atoms with E-state index in [0.717, 1.165) is 0 Å². The first-order valence-electron chi connectivity index (χ1n) is 27.6. The Labute approximate surface area is 475 Å². The maximum Gasteiger partial charge on any atom is 0.338 e. The van der Waals surface area contributed by atoms with Crippen molar-refractivity contribution in [2.24, 2.45) is 0 Å². The molecule has 0 bridgehead atoms. The lowest BCUT2D eigenvalue weighted by Crippen LogP contribution is -2.62. The Kier molecular flexibility index (Phi) is 17.8. The van der Waals surface area contributed by atoms with Crippen LogP contribution in [-0.2, 0) is 67.0 Å². The highest BCUT2D eigenvalue weighted by molar-refractivity contribution is 5.93.